The summed E-state index contributed by atoms with van der Waals surface area (Å²) in [7, 11) is 1.64. The van der Waals surface area contributed by atoms with E-state index in [9.17, 15) is 4.79 Å². The lowest BCUT2D eigenvalue weighted by molar-refractivity contribution is 0.0972. The van der Waals surface area contributed by atoms with E-state index >= 15 is 0 Å². The van der Waals surface area contributed by atoms with E-state index in [0.29, 0.717) is 12.8 Å². The SMILES string of the molecule is COc1cc(C)c(C(=O)CCC(C)(C)N)cc1C. The highest BCUT2D eigenvalue weighted by Crippen LogP contribution is 2.24. The van der Waals surface area contributed by atoms with E-state index in [1.807, 2.05) is 39.8 Å². The van der Waals surface area contributed by atoms with E-state index in [1.165, 1.54) is 0 Å². The number of hydrogen-bond acceptors (Lipinski definition) is 3. The topological polar surface area (TPSA) is 52.3 Å². The van der Waals surface area contributed by atoms with Gasteiger partial charge in [0.15, 0.2) is 5.78 Å². The first-order valence-corrected chi connectivity index (χ1v) is 6.22. The van der Waals surface area contributed by atoms with E-state index in [4.69, 9.17) is 10.5 Å². The van der Waals surface area contributed by atoms with Gasteiger partial charge in [0.2, 0.25) is 0 Å². The predicted octanol–water partition coefficient (Wildman–Crippen LogP) is 3.01. The van der Waals surface area contributed by atoms with Crippen molar-refractivity contribution in [2.24, 2.45) is 5.73 Å². The minimum Gasteiger partial charge on any atom is -0.496 e. The number of aryl methyl sites for hydroxylation is 2. The number of benzene rings is 1. The maximum atomic E-state index is 12.2. The van der Waals surface area contributed by atoms with Gasteiger partial charge < -0.3 is 10.5 Å². The average molecular weight is 249 g/mol. The van der Waals surface area contributed by atoms with Crippen molar-refractivity contribution in [3.8, 4) is 5.75 Å². The number of rotatable bonds is 5. The van der Waals surface area contributed by atoms with Crippen LogP contribution < -0.4 is 10.5 Å². The van der Waals surface area contributed by atoms with Gasteiger partial charge in [0.05, 0.1) is 7.11 Å². The number of ketones is 1. The van der Waals surface area contributed by atoms with E-state index < -0.39 is 0 Å². The van der Waals surface area contributed by atoms with Crippen LogP contribution in [0.3, 0.4) is 0 Å². The van der Waals surface area contributed by atoms with Crippen molar-refractivity contribution in [2.75, 3.05) is 7.11 Å². The Balaban J connectivity index is 2.90. The van der Waals surface area contributed by atoms with Crippen LogP contribution in [-0.2, 0) is 0 Å². The van der Waals surface area contributed by atoms with Crippen molar-refractivity contribution in [1.29, 1.82) is 0 Å². The molecule has 0 heterocycles. The fourth-order valence-electron chi connectivity index (χ4n) is 1.88. The van der Waals surface area contributed by atoms with Gasteiger partial charge in [0.1, 0.15) is 5.75 Å². The quantitative estimate of drug-likeness (QED) is 0.816. The second-order valence-corrected chi connectivity index (χ2v) is 5.55. The van der Waals surface area contributed by atoms with Crippen LogP contribution in [-0.4, -0.2) is 18.4 Å². The lowest BCUT2D eigenvalue weighted by Gasteiger charge is -2.18. The summed E-state index contributed by atoms with van der Waals surface area (Å²) < 4.78 is 5.24. The highest BCUT2D eigenvalue weighted by Gasteiger charge is 2.16. The molecule has 0 fully saturated rings. The lowest BCUT2D eigenvalue weighted by Crippen LogP contribution is -2.32. The number of nitrogens with two attached hydrogens (primary N) is 1. The Morgan fingerprint density at radius 2 is 1.89 bits per heavy atom. The Hall–Kier alpha value is -1.35. The summed E-state index contributed by atoms with van der Waals surface area (Å²) in [6, 6.07) is 3.82. The minimum atomic E-state index is -0.301. The average Bonchev–Trinajstić information content (AvgIpc) is 2.27. The Kier molecular flexibility index (Phi) is 4.52. The second-order valence-electron chi connectivity index (χ2n) is 5.55. The van der Waals surface area contributed by atoms with Crippen LogP contribution in [0.5, 0.6) is 5.75 Å². The van der Waals surface area contributed by atoms with Gasteiger partial charge in [-0.15, -0.1) is 0 Å². The molecule has 0 aliphatic rings. The molecule has 3 heteroatoms. The molecule has 0 unspecified atom stereocenters. The summed E-state index contributed by atoms with van der Waals surface area (Å²) in [6.45, 7) is 7.75. The molecule has 0 radical (unpaired) electrons. The van der Waals surface area contributed by atoms with Gasteiger partial charge in [-0.3, -0.25) is 4.79 Å². The van der Waals surface area contributed by atoms with Gasteiger partial charge in [-0.05, 0) is 57.4 Å². The van der Waals surface area contributed by atoms with Gasteiger partial charge in [0, 0.05) is 17.5 Å². The number of methoxy groups -OCH3 is 1. The third kappa shape index (κ3) is 3.84. The summed E-state index contributed by atoms with van der Waals surface area (Å²) in [4.78, 5) is 12.2. The molecule has 0 aromatic heterocycles. The fourth-order valence-corrected chi connectivity index (χ4v) is 1.88. The van der Waals surface area contributed by atoms with E-state index in [-0.39, 0.29) is 11.3 Å². The number of hydrogen-bond donors (Lipinski definition) is 1. The molecule has 0 amide bonds. The van der Waals surface area contributed by atoms with Gasteiger partial charge in [-0.2, -0.15) is 0 Å². The van der Waals surface area contributed by atoms with Crippen molar-refractivity contribution in [3.63, 3.8) is 0 Å². The standard InChI is InChI=1S/C15H23NO2/c1-10-9-14(18-5)11(2)8-12(10)13(17)6-7-15(3,4)16/h8-9H,6-7,16H2,1-5H3. The minimum absolute atomic E-state index is 0.150. The molecule has 0 bridgehead atoms. The molecule has 1 rings (SSSR count). The molecule has 0 saturated carbocycles. The third-order valence-corrected chi connectivity index (χ3v) is 3.04. The van der Waals surface area contributed by atoms with Crippen molar-refractivity contribution in [3.05, 3.63) is 28.8 Å². The van der Waals surface area contributed by atoms with Crippen molar-refractivity contribution in [1.82, 2.24) is 0 Å². The van der Waals surface area contributed by atoms with Gasteiger partial charge >= 0.3 is 0 Å². The van der Waals surface area contributed by atoms with E-state index in [2.05, 4.69) is 0 Å². The summed E-state index contributed by atoms with van der Waals surface area (Å²) in [5.41, 5.74) is 8.32. The zero-order valence-corrected chi connectivity index (χ0v) is 12.0. The Morgan fingerprint density at radius 1 is 1.28 bits per heavy atom. The summed E-state index contributed by atoms with van der Waals surface area (Å²) in [5.74, 6) is 0.972. The van der Waals surface area contributed by atoms with Crippen molar-refractivity contribution in [2.45, 2.75) is 46.1 Å². The van der Waals surface area contributed by atoms with E-state index in [1.54, 1.807) is 7.11 Å². The zero-order valence-electron chi connectivity index (χ0n) is 12.0. The molecule has 3 nitrogen and oxygen atoms in total. The zero-order chi connectivity index (χ0) is 13.9. The van der Waals surface area contributed by atoms with Crippen molar-refractivity contribution >= 4 is 5.78 Å². The molecular formula is C15H23NO2. The molecule has 1 aromatic carbocycles. The van der Waals surface area contributed by atoms with Crippen LogP contribution in [0.2, 0.25) is 0 Å². The first-order valence-electron chi connectivity index (χ1n) is 6.22. The summed E-state index contributed by atoms with van der Waals surface area (Å²) >= 11 is 0. The Bertz CT molecular complexity index is 445. The van der Waals surface area contributed by atoms with Crippen LogP contribution in [0.15, 0.2) is 12.1 Å². The molecule has 0 saturated heterocycles. The molecule has 0 aliphatic carbocycles. The fraction of sp³-hybridized carbons (Fsp3) is 0.533. The lowest BCUT2D eigenvalue weighted by atomic mass is 9.93. The van der Waals surface area contributed by atoms with Crippen LogP contribution in [0, 0.1) is 13.8 Å². The van der Waals surface area contributed by atoms with Crippen LogP contribution in [0.1, 0.15) is 48.2 Å². The molecule has 1 aromatic rings. The molecular weight excluding hydrogens is 226 g/mol. The number of carbonyl (C=O) groups excluding carboxylic acids is 1. The molecule has 2 N–H and O–H groups in total. The summed E-state index contributed by atoms with van der Waals surface area (Å²) in [6.07, 6.45) is 1.17. The molecule has 0 atom stereocenters. The monoisotopic (exact) mass is 249 g/mol. The molecule has 0 aliphatic heterocycles. The molecule has 18 heavy (non-hydrogen) atoms. The number of Topliss-reactive ketones (excluding diaryl/α,β-unsaturated/α-hetero) is 1. The summed E-state index contributed by atoms with van der Waals surface area (Å²) in [5, 5.41) is 0. The normalized spacial score (nSPS) is 11.4. The first-order chi connectivity index (χ1) is 8.24. The first kappa shape index (κ1) is 14.7. The predicted molar refractivity (Wildman–Crippen MR) is 74.3 cm³/mol. The highest BCUT2D eigenvalue weighted by atomic mass is 16.5. The van der Waals surface area contributed by atoms with Gasteiger partial charge in [0.25, 0.3) is 0 Å². The third-order valence-electron chi connectivity index (χ3n) is 3.04. The maximum absolute atomic E-state index is 12.2. The van der Waals surface area contributed by atoms with Crippen LogP contribution in [0.4, 0.5) is 0 Å². The van der Waals surface area contributed by atoms with Gasteiger partial charge in [-0.25, -0.2) is 0 Å². The largest absolute Gasteiger partial charge is 0.496 e. The number of carbonyl (C=O) groups is 1. The molecule has 100 valence electrons. The van der Waals surface area contributed by atoms with Crippen molar-refractivity contribution < 1.29 is 9.53 Å². The number of ether oxygens (including phenoxy) is 1. The second kappa shape index (κ2) is 5.53. The molecule has 0 spiro atoms. The smallest absolute Gasteiger partial charge is 0.163 e. The van der Waals surface area contributed by atoms with Crippen LogP contribution >= 0.6 is 0 Å². The Morgan fingerprint density at radius 3 is 2.39 bits per heavy atom. The van der Waals surface area contributed by atoms with Gasteiger partial charge in [-0.1, -0.05) is 0 Å². The van der Waals surface area contributed by atoms with E-state index in [0.717, 1.165) is 22.4 Å². The maximum Gasteiger partial charge on any atom is 0.163 e. The Labute approximate surface area is 109 Å². The van der Waals surface area contributed by atoms with Crippen LogP contribution in [0.25, 0.3) is 0 Å². The highest BCUT2D eigenvalue weighted by molar-refractivity contribution is 5.97.